The van der Waals surface area contributed by atoms with Gasteiger partial charge in [0.05, 0.1) is 0 Å². The molecule has 0 amide bonds. The van der Waals surface area contributed by atoms with E-state index in [2.05, 4.69) is 129 Å². The Morgan fingerprint density at radius 2 is 0.953 bits per heavy atom. The standard InChI is InChI=1S/C40H29N3/c1-40(2)34-20-12-11-19-32(34)35-33(25-30-17-9-10-18-31(30)36(35)40)39-42-37(28-15-7-4-8-16-28)41-38(43-39)29-23-21-27(22-24-29)26-13-5-3-6-14-26/h3-25H,1-2H3. The highest BCUT2D eigenvalue weighted by molar-refractivity contribution is 6.04. The molecule has 1 heterocycles. The first-order valence-corrected chi connectivity index (χ1v) is 14.7. The van der Waals surface area contributed by atoms with Crippen molar-refractivity contribution in [1.82, 2.24) is 15.0 Å². The van der Waals surface area contributed by atoms with Crippen molar-refractivity contribution in [3.63, 3.8) is 0 Å². The SMILES string of the molecule is CC1(C)c2ccccc2-c2c(-c3nc(-c4ccccc4)nc(-c4ccc(-c5ccccc5)cc4)n3)cc3ccccc3c21. The van der Waals surface area contributed by atoms with Gasteiger partial charge in [-0.05, 0) is 50.2 Å². The van der Waals surface area contributed by atoms with Crippen LogP contribution in [-0.4, -0.2) is 15.0 Å². The molecule has 0 fully saturated rings. The van der Waals surface area contributed by atoms with Gasteiger partial charge in [-0.15, -0.1) is 0 Å². The molecule has 204 valence electrons. The molecule has 1 aliphatic carbocycles. The Bertz CT molecular complexity index is 2130. The molecule has 0 aliphatic heterocycles. The average molecular weight is 552 g/mol. The lowest BCUT2D eigenvalue weighted by atomic mass is 9.79. The van der Waals surface area contributed by atoms with Crippen molar-refractivity contribution < 1.29 is 0 Å². The van der Waals surface area contributed by atoms with Gasteiger partial charge in [-0.25, -0.2) is 15.0 Å². The molecule has 6 aromatic carbocycles. The van der Waals surface area contributed by atoms with Crippen LogP contribution in [0.25, 0.3) is 67.2 Å². The van der Waals surface area contributed by atoms with Crippen molar-refractivity contribution >= 4 is 10.8 Å². The van der Waals surface area contributed by atoms with Crippen LogP contribution in [0.15, 0.2) is 140 Å². The minimum Gasteiger partial charge on any atom is -0.208 e. The molecule has 0 atom stereocenters. The Labute approximate surface area is 251 Å². The maximum absolute atomic E-state index is 5.18. The van der Waals surface area contributed by atoms with Gasteiger partial charge in [0.2, 0.25) is 0 Å². The van der Waals surface area contributed by atoms with Gasteiger partial charge in [-0.2, -0.15) is 0 Å². The number of rotatable bonds is 4. The Kier molecular flexibility index (Phi) is 5.80. The van der Waals surface area contributed by atoms with E-state index in [1.807, 2.05) is 24.3 Å². The van der Waals surface area contributed by atoms with E-state index in [4.69, 9.17) is 15.0 Å². The predicted octanol–water partition coefficient (Wildman–Crippen LogP) is 10.00. The zero-order valence-electron chi connectivity index (χ0n) is 24.1. The van der Waals surface area contributed by atoms with E-state index in [-0.39, 0.29) is 5.41 Å². The predicted molar refractivity (Wildman–Crippen MR) is 177 cm³/mol. The summed E-state index contributed by atoms with van der Waals surface area (Å²) >= 11 is 0. The van der Waals surface area contributed by atoms with Gasteiger partial charge in [0.1, 0.15) is 0 Å². The third-order valence-corrected chi connectivity index (χ3v) is 8.70. The fraction of sp³-hybridized carbons (Fsp3) is 0.0750. The van der Waals surface area contributed by atoms with E-state index in [1.54, 1.807) is 0 Å². The van der Waals surface area contributed by atoms with E-state index in [0.717, 1.165) is 22.3 Å². The van der Waals surface area contributed by atoms with Crippen LogP contribution in [0.2, 0.25) is 0 Å². The molecule has 43 heavy (non-hydrogen) atoms. The van der Waals surface area contributed by atoms with Crippen LogP contribution >= 0.6 is 0 Å². The van der Waals surface area contributed by atoms with E-state index < -0.39 is 0 Å². The van der Waals surface area contributed by atoms with E-state index in [9.17, 15) is 0 Å². The highest BCUT2D eigenvalue weighted by Crippen LogP contribution is 2.54. The molecule has 8 rings (SSSR count). The summed E-state index contributed by atoms with van der Waals surface area (Å²) in [6.45, 7) is 4.66. The summed E-state index contributed by atoms with van der Waals surface area (Å²) in [6, 6.07) is 48.8. The fourth-order valence-corrected chi connectivity index (χ4v) is 6.62. The first-order chi connectivity index (χ1) is 21.1. The summed E-state index contributed by atoms with van der Waals surface area (Å²) in [7, 11) is 0. The number of nitrogens with zero attached hydrogens (tertiary/aromatic N) is 3. The Balaban J connectivity index is 1.38. The summed E-state index contributed by atoms with van der Waals surface area (Å²) in [5, 5.41) is 2.46. The molecule has 7 aromatic rings. The van der Waals surface area contributed by atoms with Crippen LogP contribution < -0.4 is 0 Å². The zero-order chi connectivity index (χ0) is 29.0. The van der Waals surface area contributed by atoms with Gasteiger partial charge in [0, 0.05) is 22.1 Å². The molecule has 3 nitrogen and oxygen atoms in total. The van der Waals surface area contributed by atoms with Crippen LogP contribution in [0, 0.1) is 0 Å². The van der Waals surface area contributed by atoms with Crippen molar-refractivity contribution in [2.24, 2.45) is 0 Å². The van der Waals surface area contributed by atoms with Gasteiger partial charge in [-0.3, -0.25) is 0 Å². The number of hydrogen-bond donors (Lipinski definition) is 0. The lowest BCUT2D eigenvalue weighted by Gasteiger charge is -2.23. The van der Waals surface area contributed by atoms with Gasteiger partial charge >= 0.3 is 0 Å². The summed E-state index contributed by atoms with van der Waals surface area (Å²) in [5.74, 6) is 2.02. The van der Waals surface area contributed by atoms with Crippen LogP contribution in [0.5, 0.6) is 0 Å². The van der Waals surface area contributed by atoms with Crippen molar-refractivity contribution in [2.45, 2.75) is 19.3 Å². The van der Waals surface area contributed by atoms with Crippen molar-refractivity contribution in [3.05, 3.63) is 151 Å². The largest absolute Gasteiger partial charge is 0.208 e. The Hall–Kier alpha value is -5.41. The second-order valence-corrected chi connectivity index (χ2v) is 11.7. The lowest BCUT2D eigenvalue weighted by Crippen LogP contribution is -2.15. The molecule has 3 heteroatoms. The number of fused-ring (bicyclic) bond motifs is 5. The van der Waals surface area contributed by atoms with Crippen LogP contribution in [-0.2, 0) is 5.41 Å². The molecule has 1 aromatic heterocycles. The summed E-state index contributed by atoms with van der Waals surface area (Å²) in [5.41, 5.74) is 10.3. The zero-order valence-corrected chi connectivity index (χ0v) is 24.1. The molecule has 0 unspecified atom stereocenters. The minimum absolute atomic E-state index is 0.160. The Morgan fingerprint density at radius 3 is 1.67 bits per heavy atom. The van der Waals surface area contributed by atoms with Crippen LogP contribution in [0.3, 0.4) is 0 Å². The maximum Gasteiger partial charge on any atom is 0.164 e. The first-order valence-electron chi connectivity index (χ1n) is 14.7. The van der Waals surface area contributed by atoms with E-state index in [1.165, 1.54) is 38.6 Å². The van der Waals surface area contributed by atoms with Crippen LogP contribution in [0.1, 0.15) is 25.0 Å². The van der Waals surface area contributed by atoms with Crippen molar-refractivity contribution in [3.8, 4) is 56.4 Å². The molecule has 0 saturated carbocycles. The van der Waals surface area contributed by atoms with Gasteiger partial charge < -0.3 is 0 Å². The average Bonchev–Trinajstić information content (AvgIpc) is 3.32. The highest BCUT2D eigenvalue weighted by atomic mass is 15.0. The van der Waals surface area contributed by atoms with Gasteiger partial charge in [0.15, 0.2) is 17.5 Å². The molecule has 0 radical (unpaired) electrons. The molecule has 0 bridgehead atoms. The maximum atomic E-state index is 5.18. The van der Waals surface area contributed by atoms with Crippen molar-refractivity contribution in [1.29, 1.82) is 0 Å². The molecular weight excluding hydrogens is 522 g/mol. The monoisotopic (exact) mass is 551 g/mol. The topological polar surface area (TPSA) is 38.7 Å². The third-order valence-electron chi connectivity index (χ3n) is 8.70. The first kappa shape index (κ1) is 25.3. The number of hydrogen-bond acceptors (Lipinski definition) is 3. The number of aromatic nitrogens is 3. The lowest BCUT2D eigenvalue weighted by molar-refractivity contribution is 0.666. The molecular formula is C40H29N3. The quantitative estimate of drug-likeness (QED) is 0.218. The second kappa shape index (κ2) is 9.85. The van der Waals surface area contributed by atoms with E-state index >= 15 is 0 Å². The smallest absolute Gasteiger partial charge is 0.164 e. The van der Waals surface area contributed by atoms with Crippen molar-refractivity contribution in [2.75, 3.05) is 0 Å². The molecule has 0 spiro atoms. The van der Waals surface area contributed by atoms with Gasteiger partial charge in [-0.1, -0.05) is 147 Å². The fourth-order valence-electron chi connectivity index (χ4n) is 6.62. The highest BCUT2D eigenvalue weighted by Gasteiger charge is 2.39. The van der Waals surface area contributed by atoms with E-state index in [0.29, 0.717) is 17.5 Å². The second-order valence-electron chi connectivity index (χ2n) is 11.7. The summed E-state index contributed by atoms with van der Waals surface area (Å²) in [6.07, 6.45) is 0. The summed E-state index contributed by atoms with van der Waals surface area (Å²) in [4.78, 5) is 15.3. The minimum atomic E-state index is -0.160. The normalized spacial score (nSPS) is 13.1. The number of benzene rings is 6. The molecule has 1 aliphatic rings. The molecule has 0 N–H and O–H groups in total. The van der Waals surface area contributed by atoms with Gasteiger partial charge in [0.25, 0.3) is 0 Å². The third kappa shape index (κ3) is 4.16. The summed E-state index contributed by atoms with van der Waals surface area (Å²) < 4.78 is 0. The molecule has 0 saturated heterocycles. The Morgan fingerprint density at radius 1 is 0.442 bits per heavy atom. The van der Waals surface area contributed by atoms with Crippen LogP contribution in [0.4, 0.5) is 0 Å².